The van der Waals surface area contributed by atoms with Crippen LogP contribution in [0, 0.1) is 6.92 Å². The summed E-state index contributed by atoms with van der Waals surface area (Å²) in [4.78, 5) is 15.6. The SMILES string of the molecule is CCN(CCNC(=O)C1(c2ccc(Br)cc2)CCOCC1)c1cccc(C)c1. The maximum atomic E-state index is 13.3. The highest BCUT2D eigenvalue weighted by Gasteiger charge is 2.41. The molecule has 150 valence electrons. The monoisotopic (exact) mass is 444 g/mol. The van der Waals surface area contributed by atoms with Crippen molar-refractivity contribution in [2.75, 3.05) is 37.7 Å². The Kier molecular flexibility index (Phi) is 7.13. The average molecular weight is 445 g/mol. The molecular weight excluding hydrogens is 416 g/mol. The van der Waals surface area contributed by atoms with Gasteiger partial charge in [-0.1, -0.05) is 40.2 Å². The fourth-order valence-electron chi connectivity index (χ4n) is 3.90. The zero-order valence-corrected chi connectivity index (χ0v) is 18.3. The van der Waals surface area contributed by atoms with Crippen molar-refractivity contribution in [2.24, 2.45) is 0 Å². The maximum absolute atomic E-state index is 13.3. The highest BCUT2D eigenvalue weighted by molar-refractivity contribution is 9.10. The number of ether oxygens (including phenoxy) is 1. The number of rotatable bonds is 7. The van der Waals surface area contributed by atoms with Crippen LogP contribution in [0.3, 0.4) is 0 Å². The number of nitrogens with one attached hydrogen (secondary N) is 1. The topological polar surface area (TPSA) is 41.6 Å². The molecule has 1 saturated heterocycles. The summed E-state index contributed by atoms with van der Waals surface area (Å²) in [5.41, 5.74) is 3.02. The summed E-state index contributed by atoms with van der Waals surface area (Å²) in [7, 11) is 0. The van der Waals surface area contributed by atoms with Crippen molar-refractivity contribution in [1.29, 1.82) is 0 Å². The molecule has 1 aliphatic rings. The highest BCUT2D eigenvalue weighted by atomic mass is 79.9. The molecule has 0 radical (unpaired) electrons. The van der Waals surface area contributed by atoms with Gasteiger partial charge in [0.1, 0.15) is 0 Å². The van der Waals surface area contributed by atoms with Gasteiger partial charge in [-0.3, -0.25) is 4.79 Å². The number of hydrogen-bond donors (Lipinski definition) is 1. The molecule has 28 heavy (non-hydrogen) atoms. The average Bonchev–Trinajstić information content (AvgIpc) is 2.72. The Bertz CT molecular complexity index is 785. The van der Waals surface area contributed by atoms with Crippen LogP contribution in [0.25, 0.3) is 0 Å². The number of anilines is 1. The number of nitrogens with zero attached hydrogens (tertiary/aromatic N) is 1. The van der Waals surface area contributed by atoms with E-state index in [9.17, 15) is 4.79 Å². The molecule has 4 nitrogen and oxygen atoms in total. The molecule has 1 fully saturated rings. The van der Waals surface area contributed by atoms with Gasteiger partial charge in [0.05, 0.1) is 5.41 Å². The van der Waals surface area contributed by atoms with Crippen molar-refractivity contribution in [3.05, 3.63) is 64.1 Å². The van der Waals surface area contributed by atoms with Crippen LogP contribution in [0.5, 0.6) is 0 Å². The van der Waals surface area contributed by atoms with E-state index in [0.717, 1.165) is 36.0 Å². The van der Waals surface area contributed by atoms with Crippen LogP contribution in [0.1, 0.15) is 30.9 Å². The molecule has 0 unspecified atom stereocenters. The summed E-state index contributed by atoms with van der Waals surface area (Å²) in [6.07, 6.45) is 1.44. The minimum atomic E-state index is -0.501. The van der Waals surface area contributed by atoms with Crippen LogP contribution in [-0.4, -0.2) is 38.8 Å². The first-order valence-corrected chi connectivity index (χ1v) is 10.8. The predicted octanol–water partition coefficient (Wildman–Crippen LogP) is 4.45. The van der Waals surface area contributed by atoms with Crippen LogP contribution < -0.4 is 10.2 Å². The standard InChI is InChI=1S/C23H29BrN2O2/c1-3-26(21-6-4-5-18(2)17-21)14-13-25-22(27)23(11-15-28-16-12-23)19-7-9-20(24)10-8-19/h4-10,17H,3,11-16H2,1-2H3,(H,25,27). The van der Waals surface area contributed by atoms with E-state index in [1.165, 1.54) is 11.3 Å². The number of likely N-dealkylation sites (N-methyl/N-ethyl adjacent to an activating group) is 1. The lowest BCUT2D eigenvalue weighted by molar-refractivity contribution is -0.130. The molecule has 0 spiro atoms. The molecule has 3 rings (SSSR count). The Morgan fingerprint density at radius 2 is 1.89 bits per heavy atom. The van der Waals surface area contributed by atoms with Gasteiger partial charge in [0.2, 0.25) is 5.91 Å². The number of amides is 1. The molecule has 0 saturated carbocycles. The Hall–Kier alpha value is -1.85. The Morgan fingerprint density at radius 1 is 1.18 bits per heavy atom. The van der Waals surface area contributed by atoms with E-state index in [2.05, 4.69) is 76.4 Å². The lowest BCUT2D eigenvalue weighted by Gasteiger charge is -2.36. The van der Waals surface area contributed by atoms with Crippen molar-refractivity contribution in [1.82, 2.24) is 5.32 Å². The number of carbonyl (C=O) groups is 1. The first kappa shape index (κ1) is 20.9. The molecule has 0 aromatic heterocycles. The van der Waals surface area contributed by atoms with E-state index in [1.807, 2.05) is 12.1 Å². The second kappa shape index (κ2) is 9.57. The third-order valence-corrected chi connectivity index (χ3v) is 6.12. The second-order valence-corrected chi connectivity index (χ2v) is 8.29. The summed E-state index contributed by atoms with van der Waals surface area (Å²) in [5.74, 6) is 0.110. The first-order valence-electron chi connectivity index (χ1n) is 9.99. The number of carbonyl (C=O) groups excluding carboxylic acids is 1. The third-order valence-electron chi connectivity index (χ3n) is 5.59. The molecule has 0 atom stereocenters. The summed E-state index contributed by atoms with van der Waals surface area (Å²) in [6.45, 7) is 7.81. The fourth-order valence-corrected chi connectivity index (χ4v) is 4.17. The zero-order chi connectivity index (χ0) is 20.0. The van der Waals surface area contributed by atoms with Gasteiger partial charge in [0, 0.05) is 43.0 Å². The van der Waals surface area contributed by atoms with Crippen molar-refractivity contribution in [3.63, 3.8) is 0 Å². The lowest BCUT2D eigenvalue weighted by atomic mass is 9.73. The number of halogens is 1. The van der Waals surface area contributed by atoms with Gasteiger partial charge in [0.15, 0.2) is 0 Å². The normalized spacial score (nSPS) is 15.8. The summed E-state index contributed by atoms with van der Waals surface area (Å²) < 4.78 is 6.58. The zero-order valence-electron chi connectivity index (χ0n) is 16.7. The lowest BCUT2D eigenvalue weighted by Crippen LogP contribution is -2.49. The van der Waals surface area contributed by atoms with Crippen LogP contribution in [0.4, 0.5) is 5.69 Å². The van der Waals surface area contributed by atoms with Crippen molar-refractivity contribution < 1.29 is 9.53 Å². The van der Waals surface area contributed by atoms with E-state index in [-0.39, 0.29) is 5.91 Å². The van der Waals surface area contributed by atoms with E-state index in [0.29, 0.717) is 19.8 Å². The molecule has 1 N–H and O–H groups in total. The van der Waals surface area contributed by atoms with Crippen LogP contribution in [0.2, 0.25) is 0 Å². The van der Waals surface area contributed by atoms with E-state index < -0.39 is 5.41 Å². The molecule has 0 aliphatic carbocycles. The van der Waals surface area contributed by atoms with Gasteiger partial charge >= 0.3 is 0 Å². The summed E-state index contributed by atoms with van der Waals surface area (Å²) in [6, 6.07) is 16.6. The Labute approximate surface area is 176 Å². The first-order chi connectivity index (χ1) is 13.5. The van der Waals surface area contributed by atoms with E-state index >= 15 is 0 Å². The second-order valence-electron chi connectivity index (χ2n) is 7.38. The maximum Gasteiger partial charge on any atom is 0.230 e. The molecule has 2 aromatic carbocycles. The number of aryl methyl sites for hydroxylation is 1. The molecule has 1 heterocycles. The van der Waals surface area contributed by atoms with Crippen LogP contribution in [0.15, 0.2) is 53.0 Å². The molecule has 1 amide bonds. The number of hydrogen-bond acceptors (Lipinski definition) is 3. The Morgan fingerprint density at radius 3 is 2.54 bits per heavy atom. The van der Waals surface area contributed by atoms with Gasteiger partial charge in [0.25, 0.3) is 0 Å². The van der Waals surface area contributed by atoms with Gasteiger partial charge in [-0.25, -0.2) is 0 Å². The Balaban J connectivity index is 1.68. The van der Waals surface area contributed by atoms with E-state index in [1.54, 1.807) is 0 Å². The number of benzene rings is 2. The fraction of sp³-hybridized carbons (Fsp3) is 0.435. The highest BCUT2D eigenvalue weighted by Crippen LogP contribution is 2.35. The minimum Gasteiger partial charge on any atom is -0.381 e. The van der Waals surface area contributed by atoms with Gasteiger partial charge in [-0.05, 0) is 62.1 Å². The van der Waals surface area contributed by atoms with Crippen LogP contribution >= 0.6 is 15.9 Å². The van der Waals surface area contributed by atoms with Crippen LogP contribution in [-0.2, 0) is 14.9 Å². The smallest absolute Gasteiger partial charge is 0.230 e. The third kappa shape index (κ3) is 4.76. The quantitative estimate of drug-likeness (QED) is 0.685. The molecule has 5 heteroatoms. The van der Waals surface area contributed by atoms with Gasteiger partial charge in [-0.2, -0.15) is 0 Å². The van der Waals surface area contributed by atoms with Crippen molar-refractivity contribution in [2.45, 2.75) is 32.1 Å². The summed E-state index contributed by atoms with van der Waals surface area (Å²) in [5, 5.41) is 3.21. The van der Waals surface area contributed by atoms with E-state index in [4.69, 9.17) is 4.74 Å². The van der Waals surface area contributed by atoms with Gasteiger partial charge in [-0.15, -0.1) is 0 Å². The van der Waals surface area contributed by atoms with Gasteiger partial charge < -0.3 is 15.0 Å². The molecule has 2 aromatic rings. The summed E-state index contributed by atoms with van der Waals surface area (Å²) >= 11 is 3.49. The molecular formula is C23H29BrN2O2. The van der Waals surface area contributed by atoms with Crippen molar-refractivity contribution >= 4 is 27.5 Å². The molecule has 0 bridgehead atoms. The largest absolute Gasteiger partial charge is 0.381 e. The van der Waals surface area contributed by atoms with Crippen molar-refractivity contribution in [3.8, 4) is 0 Å². The predicted molar refractivity (Wildman–Crippen MR) is 118 cm³/mol. The minimum absolute atomic E-state index is 0.110. The molecule has 1 aliphatic heterocycles.